The number of hydrogen-bond donors (Lipinski definition) is 0. The van der Waals surface area contributed by atoms with Gasteiger partial charge in [0.15, 0.2) is 5.78 Å². The molecule has 18 heavy (non-hydrogen) atoms. The zero-order valence-corrected chi connectivity index (χ0v) is 11.8. The van der Waals surface area contributed by atoms with Gasteiger partial charge in [-0.1, -0.05) is 13.8 Å². The van der Waals surface area contributed by atoms with Crippen molar-refractivity contribution in [1.29, 1.82) is 0 Å². The van der Waals surface area contributed by atoms with Gasteiger partial charge in [0.2, 0.25) is 0 Å². The number of nitrogens with zero attached hydrogens (tertiary/aromatic N) is 1. The molecule has 0 aromatic heterocycles. The molecule has 0 radical (unpaired) electrons. The van der Waals surface area contributed by atoms with E-state index in [2.05, 4.69) is 25.9 Å². The number of rotatable bonds is 7. The van der Waals surface area contributed by atoms with Crippen LogP contribution in [-0.4, -0.2) is 37.9 Å². The van der Waals surface area contributed by atoms with Crippen LogP contribution >= 0.6 is 0 Å². The lowest BCUT2D eigenvalue weighted by atomic mass is 10.1. The number of ketones is 1. The van der Waals surface area contributed by atoms with Crippen LogP contribution in [0, 0.1) is 5.92 Å². The molecule has 0 aliphatic carbocycles. The van der Waals surface area contributed by atoms with Gasteiger partial charge in [-0.3, -0.25) is 4.79 Å². The van der Waals surface area contributed by atoms with Gasteiger partial charge in [0.05, 0.1) is 6.61 Å². The van der Waals surface area contributed by atoms with E-state index in [1.54, 1.807) is 0 Å². The molecular formula is C15H23NO2. The highest BCUT2D eigenvalue weighted by molar-refractivity contribution is 5.95. The highest BCUT2D eigenvalue weighted by Gasteiger charge is 2.06. The Bertz CT molecular complexity index is 371. The van der Waals surface area contributed by atoms with Crippen LogP contribution in [-0.2, 0) is 0 Å². The lowest BCUT2D eigenvalue weighted by molar-refractivity contribution is 0.0988. The van der Waals surface area contributed by atoms with Gasteiger partial charge in [0, 0.05) is 24.4 Å². The van der Waals surface area contributed by atoms with Crippen molar-refractivity contribution < 1.29 is 9.53 Å². The lowest BCUT2D eigenvalue weighted by Gasteiger charge is -2.17. The maximum atomic E-state index is 11.5. The van der Waals surface area contributed by atoms with Crippen LogP contribution in [0.4, 0.5) is 0 Å². The first-order valence-corrected chi connectivity index (χ1v) is 6.43. The summed E-state index contributed by atoms with van der Waals surface area (Å²) < 4.78 is 5.70. The third-order valence-corrected chi connectivity index (χ3v) is 2.71. The first-order valence-electron chi connectivity index (χ1n) is 6.43. The smallest absolute Gasteiger partial charge is 0.162 e. The van der Waals surface area contributed by atoms with Gasteiger partial charge < -0.3 is 9.64 Å². The maximum absolute atomic E-state index is 11.5. The van der Waals surface area contributed by atoms with Crippen LogP contribution < -0.4 is 4.74 Å². The Morgan fingerprint density at radius 3 is 2.39 bits per heavy atom. The Morgan fingerprint density at radius 1 is 1.28 bits per heavy atom. The molecule has 1 aromatic rings. The van der Waals surface area contributed by atoms with Crippen molar-refractivity contribution in [2.75, 3.05) is 27.2 Å². The third-order valence-electron chi connectivity index (χ3n) is 2.71. The molecule has 0 spiro atoms. The molecule has 0 saturated heterocycles. The second-order valence-corrected chi connectivity index (χ2v) is 4.98. The average molecular weight is 249 g/mol. The van der Waals surface area contributed by atoms with E-state index in [0.717, 1.165) is 17.9 Å². The molecule has 0 fully saturated rings. The van der Waals surface area contributed by atoms with E-state index < -0.39 is 0 Å². The van der Waals surface area contributed by atoms with Crippen LogP contribution in [0.3, 0.4) is 0 Å². The average Bonchev–Trinajstić information content (AvgIpc) is 2.35. The fourth-order valence-electron chi connectivity index (χ4n) is 1.86. The zero-order valence-electron chi connectivity index (χ0n) is 11.8. The number of carbonyl (C=O) groups excluding carboxylic acids is 1. The van der Waals surface area contributed by atoms with E-state index in [1.807, 2.05) is 31.2 Å². The number of Topliss-reactive ketones (excluding diaryl/α,β-unsaturated/α-hetero) is 1. The summed E-state index contributed by atoms with van der Waals surface area (Å²) in [6, 6.07) is 7.39. The Labute approximate surface area is 110 Å². The van der Waals surface area contributed by atoms with Crippen LogP contribution in [0.5, 0.6) is 5.75 Å². The van der Waals surface area contributed by atoms with Gasteiger partial charge in [-0.2, -0.15) is 0 Å². The first kappa shape index (κ1) is 14.7. The van der Waals surface area contributed by atoms with Crippen LogP contribution in [0.25, 0.3) is 0 Å². The highest BCUT2D eigenvalue weighted by Crippen LogP contribution is 2.14. The van der Waals surface area contributed by atoms with Crippen molar-refractivity contribution in [2.45, 2.75) is 20.3 Å². The van der Waals surface area contributed by atoms with Gasteiger partial charge in [0.25, 0.3) is 0 Å². The molecule has 1 aromatic carbocycles. The molecule has 0 saturated carbocycles. The number of ether oxygens (including phenoxy) is 1. The van der Waals surface area contributed by atoms with Gasteiger partial charge in [0.1, 0.15) is 5.75 Å². The molecule has 0 N–H and O–H groups in total. The summed E-state index contributed by atoms with van der Waals surface area (Å²) in [5.74, 6) is 1.48. The van der Waals surface area contributed by atoms with E-state index in [4.69, 9.17) is 4.74 Å². The summed E-state index contributed by atoms with van der Waals surface area (Å²) in [4.78, 5) is 13.6. The van der Waals surface area contributed by atoms with Gasteiger partial charge in [-0.05, 0) is 38.4 Å². The Morgan fingerprint density at radius 2 is 1.89 bits per heavy atom. The van der Waals surface area contributed by atoms with Crippen molar-refractivity contribution >= 4 is 5.78 Å². The predicted octanol–water partition coefficient (Wildman–Crippen LogP) is 2.86. The minimum atomic E-state index is 0.169. The summed E-state index contributed by atoms with van der Waals surface area (Å²) in [5.41, 5.74) is 0.756. The summed E-state index contributed by atoms with van der Waals surface area (Å²) in [6.45, 7) is 5.73. The summed E-state index contributed by atoms with van der Waals surface area (Å²) in [5, 5.41) is 0. The fraction of sp³-hybridized carbons (Fsp3) is 0.533. The predicted molar refractivity (Wildman–Crippen MR) is 74.3 cm³/mol. The van der Waals surface area contributed by atoms with Crippen LogP contribution in [0.15, 0.2) is 24.3 Å². The molecule has 0 amide bonds. The molecular weight excluding hydrogens is 226 g/mol. The molecule has 100 valence electrons. The topological polar surface area (TPSA) is 29.5 Å². The standard InChI is InChI=1S/C15H23NO2/c1-5-15(17)13-6-8-14(9-7-13)18-11-12(2)10-16(3)4/h6-9,12H,5,10-11H2,1-4H3. The van der Waals surface area contributed by atoms with Crippen LogP contribution in [0.2, 0.25) is 0 Å². The van der Waals surface area contributed by atoms with E-state index in [1.165, 1.54) is 0 Å². The van der Waals surface area contributed by atoms with E-state index in [0.29, 0.717) is 18.9 Å². The van der Waals surface area contributed by atoms with Crippen molar-refractivity contribution in [2.24, 2.45) is 5.92 Å². The van der Waals surface area contributed by atoms with Gasteiger partial charge in [-0.15, -0.1) is 0 Å². The molecule has 0 aliphatic heterocycles. The Balaban J connectivity index is 2.46. The second-order valence-electron chi connectivity index (χ2n) is 4.98. The minimum Gasteiger partial charge on any atom is -0.493 e. The van der Waals surface area contributed by atoms with E-state index in [9.17, 15) is 4.79 Å². The van der Waals surface area contributed by atoms with Gasteiger partial charge >= 0.3 is 0 Å². The molecule has 3 heteroatoms. The molecule has 1 rings (SSSR count). The molecule has 0 heterocycles. The summed E-state index contributed by atoms with van der Waals surface area (Å²) in [7, 11) is 4.11. The highest BCUT2D eigenvalue weighted by atomic mass is 16.5. The lowest BCUT2D eigenvalue weighted by Crippen LogP contribution is -2.24. The number of carbonyl (C=O) groups is 1. The quantitative estimate of drug-likeness (QED) is 0.696. The summed E-state index contributed by atoms with van der Waals surface area (Å²) in [6.07, 6.45) is 0.542. The van der Waals surface area contributed by atoms with Crippen molar-refractivity contribution in [3.8, 4) is 5.75 Å². The minimum absolute atomic E-state index is 0.169. The Hall–Kier alpha value is -1.35. The fourth-order valence-corrected chi connectivity index (χ4v) is 1.86. The van der Waals surface area contributed by atoms with E-state index in [-0.39, 0.29) is 5.78 Å². The molecule has 0 aliphatic rings. The molecule has 3 nitrogen and oxygen atoms in total. The Kier molecular flexibility index (Phi) is 5.86. The molecule has 0 bridgehead atoms. The van der Waals surface area contributed by atoms with Crippen LogP contribution in [0.1, 0.15) is 30.6 Å². The SMILES string of the molecule is CCC(=O)c1ccc(OCC(C)CN(C)C)cc1. The molecule has 1 unspecified atom stereocenters. The van der Waals surface area contributed by atoms with E-state index >= 15 is 0 Å². The first-order chi connectivity index (χ1) is 8.52. The van der Waals surface area contributed by atoms with Gasteiger partial charge in [-0.25, -0.2) is 0 Å². The number of benzene rings is 1. The van der Waals surface area contributed by atoms with Crippen molar-refractivity contribution in [1.82, 2.24) is 4.90 Å². The second kappa shape index (κ2) is 7.17. The molecule has 1 atom stereocenters. The summed E-state index contributed by atoms with van der Waals surface area (Å²) >= 11 is 0. The largest absolute Gasteiger partial charge is 0.493 e. The normalized spacial score (nSPS) is 12.5. The van der Waals surface area contributed by atoms with Crippen molar-refractivity contribution in [3.05, 3.63) is 29.8 Å². The zero-order chi connectivity index (χ0) is 13.5. The third kappa shape index (κ3) is 4.88. The van der Waals surface area contributed by atoms with Crippen molar-refractivity contribution in [3.63, 3.8) is 0 Å². The maximum Gasteiger partial charge on any atom is 0.162 e. The number of hydrogen-bond acceptors (Lipinski definition) is 3. The monoisotopic (exact) mass is 249 g/mol.